The minimum absolute atomic E-state index is 0.673. The Labute approximate surface area is 85.0 Å². The van der Waals surface area contributed by atoms with Crippen molar-refractivity contribution in [3.63, 3.8) is 0 Å². The molecule has 0 amide bonds. The summed E-state index contributed by atoms with van der Waals surface area (Å²) < 4.78 is 10.8. The minimum atomic E-state index is 0.673. The van der Waals surface area contributed by atoms with Gasteiger partial charge in [0.05, 0.1) is 6.61 Å². The van der Waals surface area contributed by atoms with Crippen molar-refractivity contribution in [3.05, 3.63) is 24.3 Å². The molecular weight excluding hydrogens is 178 g/mol. The minimum Gasteiger partial charge on any atom is -0.494 e. The lowest BCUT2D eigenvalue weighted by Crippen LogP contribution is -2.15. The maximum Gasteiger partial charge on any atom is 0.123 e. The summed E-state index contributed by atoms with van der Waals surface area (Å²) in [6.45, 7) is 4.17. The molecule has 0 heterocycles. The standard InChI is InChI=1S/C11H17NO2/c1-3-13-10-5-4-6-11(9-10)14-8-7-12-2/h4-6,9,12H,3,7-8H2,1-2H3. The lowest BCUT2D eigenvalue weighted by molar-refractivity contribution is 0.310. The highest BCUT2D eigenvalue weighted by Gasteiger charge is 1.96. The van der Waals surface area contributed by atoms with Crippen LogP contribution >= 0.6 is 0 Å². The zero-order valence-corrected chi connectivity index (χ0v) is 8.75. The Balaban J connectivity index is 2.46. The molecule has 1 aromatic carbocycles. The zero-order valence-electron chi connectivity index (χ0n) is 8.75. The van der Waals surface area contributed by atoms with Crippen LogP contribution in [0, 0.1) is 0 Å². The van der Waals surface area contributed by atoms with E-state index in [4.69, 9.17) is 9.47 Å². The van der Waals surface area contributed by atoms with Crippen LogP contribution in [0.25, 0.3) is 0 Å². The van der Waals surface area contributed by atoms with Gasteiger partial charge in [0.1, 0.15) is 18.1 Å². The molecule has 0 saturated carbocycles. The van der Waals surface area contributed by atoms with E-state index in [1.165, 1.54) is 0 Å². The van der Waals surface area contributed by atoms with Crippen LogP contribution in [0.5, 0.6) is 11.5 Å². The topological polar surface area (TPSA) is 30.5 Å². The van der Waals surface area contributed by atoms with E-state index in [0.29, 0.717) is 13.2 Å². The highest BCUT2D eigenvalue weighted by Crippen LogP contribution is 2.18. The molecule has 0 aliphatic carbocycles. The van der Waals surface area contributed by atoms with Gasteiger partial charge in [-0.1, -0.05) is 6.07 Å². The van der Waals surface area contributed by atoms with Crippen LogP contribution in [-0.4, -0.2) is 26.8 Å². The molecule has 0 fully saturated rings. The van der Waals surface area contributed by atoms with Crippen LogP contribution in [-0.2, 0) is 0 Å². The molecule has 0 radical (unpaired) electrons. The van der Waals surface area contributed by atoms with Gasteiger partial charge in [0.25, 0.3) is 0 Å². The highest BCUT2D eigenvalue weighted by molar-refractivity contribution is 5.32. The number of rotatable bonds is 6. The van der Waals surface area contributed by atoms with Crippen molar-refractivity contribution in [1.82, 2.24) is 5.32 Å². The van der Waals surface area contributed by atoms with E-state index in [1.54, 1.807) is 0 Å². The normalized spacial score (nSPS) is 9.86. The van der Waals surface area contributed by atoms with E-state index >= 15 is 0 Å². The monoisotopic (exact) mass is 195 g/mol. The molecule has 14 heavy (non-hydrogen) atoms. The van der Waals surface area contributed by atoms with E-state index in [-0.39, 0.29) is 0 Å². The van der Waals surface area contributed by atoms with E-state index in [1.807, 2.05) is 38.2 Å². The van der Waals surface area contributed by atoms with Gasteiger partial charge >= 0.3 is 0 Å². The maximum atomic E-state index is 5.49. The van der Waals surface area contributed by atoms with Gasteiger partial charge in [0.15, 0.2) is 0 Å². The van der Waals surface area contributed by atoms with Crippen molar-refractivity contribution in [2.75, 3.05) is 26.8 Å². The molecular formula is C11H17NO2. The summed E-state index contributed by atoms with van der Waals surface area (Å²) in [5.74, 6) is 1.71. The van der Waals surface area contributed by atoms with E-state index in [0.717, 1.165) is 18.0 Å². The number of nitrogens with one attached hydrogen (secondary N) is 1. The Hall–Kier alpha value is -1.22. The van der Waals surface area contributed by atoms with Crippen molar-refractivity contribution in [1.29, 1.82) is 0 Å². The average molecular weight is 195 g/mol. The molecule has 0 spiro atoms. The Morgan fingerprint density at radius 2 is 1.93 bits per heavy atom. The SMILES string of the molecule is CCOc1cccc(OCCNC)c1. The van der Waals surface area contributed by atoms with Gasteiger partial charge in [-0.25, -0.2) is 0 Å². The highest BCUT2D eigenvalue weighted by atomic mass is 16.5. The third-order valence-electron chi connectivity index (χ3n) is 1.74. The molecule has 0 unspecified atom stereocenters. The predicted molar refractivity (Wildman–Crippen MR) is 57.0 cm³/mol. The van der Waals surface area contributed by atoms with Crippen molar-refractivity contribution in [3.8, 4) is 11.5 Å². The van der Waals surface area contributed by atoms with Crippen molar-refractivity contribution < 1.29 is 9.47 Å². The van der Waals surface area contributed by atoms with Gasteiger partial charge in [0, 0.05) is 12.6 Å². The van der Waals surface area contributed by atoms with Crippen molar-refractivity contribution >= 4 is 0 Å². The molecule has 0 bridgehead atoms. The van der Waals surface area contributed by atoms with Crippen molar-refractivity contribution in [2.24, 2.45) is 0 Å². The van der Waals surface area contributed by atoms with E-state index in [9.17, 15) is 0 Å². The van der Waals surface area contributed by atoms with Crippen LogP contribution in [0.15, 0.2) is 24.3 Å². The van der Waals surface area contributed by atoms with Crippen LogP contribution in [0.4, 0.5) is 0 Å². The zero-order chi connectivity index (χ0) is 10.2. The molecule has 78 valence electrons. The predicted octanol–water partition coefficient (Wildman–Crippen LogP) is 1.68. The van der Waals surface area contributed by atoms with Crippen molar-refractivity contribution in [2.45, 2.75) is 6.92 Å². The summed E-state index contributed by atoms with van der Waals surface area (Å²) in [6.07, 6.45) is 0. The summed E-state index contributed by atoms with van der Waals surface area (Å²) >= 11 is 0. The summed E-state index contributed by atoms with van der Waals surface area (Å²) in [5, 5.41) is 3.02. The van der Waals surface area contributed by atoms with Gasteiger partial charge in [0.2, 0.25) is 0 Å². The Morgan fingerprint density at radius 1 is 1.21 bits per heavy atom. The third kappa shape index (κ3) is 3.66. The Kier molecular flexibility index (Phi) is 4.86. The van der Waals surface area contributed by atoms with Crippen LogP contribution in [0.3, 0.4) is 0 Å². The largest absolute Gasteiger partial charge is 0.494 e. The van der Waals surface area contributed by atoms with Crippen LogP contribution in [0.1, 0.15) is 6.92 Å². The van der Waals surface area contributed by atoms with Gasteiger partial charge in [-0.3, -0.25) is 0 Å². The number of likely N-dealkylation sites (N-methyl/N-ethyl adjacent to an activating group) is 1. The maximum absolute atomic E-state index is 5.49. The second-order valence-electron chi connectivity index (χ2n) is 2.86. The molecule has 0 saturated heterocycles. The fraction of sp³-hybridized carbons (Fsp3) is 0.455. The molecule has 3 heteroatoms. The first kappa shape index (κ1) is 10.9. The third-order valence-corrected chi connectivity index (χ3v) is 1.74. The van der Waals surface area contributed by atoms with E-state index < -0.39 is 0 Å². The first-order valence-corrected chi connectivity index (χ1v) is 4.87. The summed E-state index contributed by atoms with van der Waals surface area (Å²) in [4.78, 5) is 0. The lowest BCUT2D eigenvalue weighted by Gasteiger charge is -2.07. The molecule has 0 aliphatic heterocycles. The van der Waals surface area contributed by atoms with Gasteiger partial charge in [-0.05, 0) is 26.1 Å². The average Bonchev–Trinajstić information content (AvgIpc) is 2.19. The first-order chi connectivity index (χ1) is 6.86. The quantitative estimate of drug-likeness (QED) is 0.701. The fourth-order valence-electron chi connectivity index (χ4n) is 1.09. The second-order valence-corrected chi connectivity index (χ2v) is 2.86. The van der Waals surface area contributed by atoms with Gasteiger partial charge in [-0.2, -0.15) is 0 Å². The Bertz CT molecular complexity index is 263. The second kappa shape index (κ2) is 6.27. The number of ether oxygens (including phenoxy) is 2. The molecule has 1 rings (SSSR count). The number of hydrogen-bond acceptors (Lipinski definition) is 3. The lowest BCUT2D eigenvalue weighted by atomic mass is 10.3. The fourth-order valence-corrected chi connectivity index (χ4v) is 1.09. The molecule has 0 aliphatic rings. The van der Waals surface area contributed by atoms with E-state index in [2.05, 4.69) is 5.32 Å². The molecule has 0 aromatic heterocycles. The summed E-state index contributed by atoms with van der Waals surface area (Å²) in [6, 6.07) is 7.69. The van der Waals surface area contributed by atoms with Crippen LogP contribution in [0.2, 0.25) is 0 Å². The number of benzene rings is 1. The summed E-state index contributed by atoms with van der Waals surface area (Å²) in [5.41, 5.74) is 0. The number of hydrogen-bond donors (Lipinski definition) is 1. The van der Waals surface area contributed by atoms with Gasteiger partial charge in [-0.15, -0.1) is 0 Å². The molecule has 3 nitrogen and oxygen atoms in total. The molecule has 0 atom stereocenters. The summed E-state index contributed by atoms with van der Waals surface area (Å²) in [7, 11) is 1.90. The molecule has 1 N–H and O–H groups in total. The molecule has 1 aromatic rings. The smallest absolute Gasteiger partial charge is 0.123 e. The van der Waals surface area contributed by atoms with Gasteiger partial charge < -0.3 is 14.8 Å². The first-order valence-electron chi connectivity index (χ1n) is 4.87. The van der Waals surface area contributed by atoms with Crippen LogP contribution < -0.4 is 14.8 Å². The Morgan fingerprint density at radius 3 is 2.57 bits per heavy atom.